The second-order valence-electron chi connectivity index (χ2n) is 4.91. The van der Waals surface area contributed by atoms with Crippen LogP contribution >= 0.6 is 0 Å². The Morgan fingerprint density at radius 2 is 1.71 bits per heavy atom. The number of hydrogen-bond acceptors (Lipinski definition) is 3. The van der Waals surface area contributed by atoms with Gasteiger partial charge in [0.1, 0.15) is 5.75 Å². The normalized spacial score (nSPS) is 12.1. The average Bonchev–Trinajstić information content (AvgIpc) is 3.08. The van der Waals surface area contributed by atoms with E-state index in [1.807, 2.05) is 54.6 Å². The zero-order valence-corrected chi connectivity index (χ0v) is 11.4. The summed E-state index contributed by atoms with van der Waals surface area (Å²) < 4.78 is 6.63. The van der Waals surface area contributed by atoms with Crippen molar-refractivity contribution >= 4 is 5.91 Å². The molecule has 4 nitrogen and oxygen atoms in total. The van der Waals surface area contributed by atoms with Crippen molar-refractivity contribution in [2.75, 3.05) is 7.11 Å². The summed E-state index contributed by atoms with van der Waals surface area (Å²) >= 11 is 0. The molecule has 1 aromatic heterocycles. The molecule has 0 amide bonds. The van der Waals surface area contributed by atoms with Gasteiger partial charge in [0.25, 0.3) is 5.91 Å². The van der Waals surface area contributed by atoms with Crippen molar-refractivity contribution in [2.45, 2.75) is 0 Å². The molecule has 2 heterocycles. The number of benzene rings is 2. The Labute approximate surface area is 121 Å². The smallest absolute Gasteiger partial charge is 0.279 e. The van der Waals surface area contributed by atoms with Gasteiger partial charge < -0.3 is 4.74 Å². The van der Waals surface area contributed by atoms with E-state index in [4.69, 9.17) is 4.74 Å². The molecule has 2 aromatic carbocycles. The SMILES string of the molecule is COc1ccc(-c2cc3n(n2)C(=O)c2ccccc2-3)cc1. The van der Waals surface area contributed by atoms with E-state index in [-0.39, 0.29) is 5.91 Å². The lowest BCUT2D eigenvalue weighted by Crippen LogP contribution is -2.07. The molecule has 0 bridgehead atoms. The van der Waals surface area contributed by atoms with Gasteiger partial charge in [-0.25, -0.2) is 0 Å². The monoisotopic (exact) mass is 276 g/mol. The minimum absolute atomic E-state index is 0.0691. The Morgan fingerprint density at radius 1 is 1.00 bits per heavy atom. The van der Waals surface area contributed by atoms with Crippen molar-refractivity contribution in [2.24, 2.45) is 0 Å². The van der Waals surface area contributed by atoms with Crippen molar-refractivity contribution in [3.05, 3.63) is 60.2 Å². The molecule has 0 spiro atoms. The molecule has 1 aliphatic heterocycles. The summed E-state index contributed by atoms with van der Waals surface area (Å²) in [6.45, 7) is 0. The molecule has 0 saturated carbocycles. The second-order valence-corrected chi connectivity index (χ2v) is 4.91. The molecular weight excluding hydrogens is 264 g/mol. The predicted octanol–water partition coefficient (Wildman–Crippen LogP) is 3.23. The average molecular weight is 276 g/mol. The maximum absolute atomic E-state index is 12.3. The maximum atomic E-state index is 12.3. The van der Waals surface area contributed by atoms with Gasteiger partial charge >= 0.3 is 0 Å². The minimum atomic E-state index is -0.0691. The molecule has 0 N–H and O–H groups in total. The van der Waals surface area contributed by atoms with E-state index in [0.717, 1.165) is 28.3 Å². The van der Waals surface area contributed by atoms with Crippen LogP contribution in [0, 0.1) is 0 Å². The van der Waals surface area contributed by atoms with Crippen LogP contribution in [0.25, 0.3) is 22.5 Å². The molecule has 4 heteroatoms. The lowest BCUT2D eigenvalue weighted by atomic mass is 10.1. The van der Waals surface area contributed by atoms with Gasteiger partial charge in [-0.2, -0.15) is 9.78 Å². The topological polar surface area (TPSA) is 44.1 Å². The molecule has 3 aromatic rings. The first-order chi connectivity index (χ1) is 10.3. The molecule has 0 unspecified atom stereocenters. The Morgan fingerprint density at radius 3 is 2.43 bits per heavy atom. The third-order valence-corrected chi connectivity index (χ3v) is 3.72. The number of ether oxygens (including phenoxy) is 1. The predicted molar refractivity (Wildman–Crippen MR) is 79.4 cm³/mol. The number of aromatic nitrogens is 2. The van der Waals surface area contributed by atoms with Gasteiger partial charge in [0.15, 0.2) is 0 Å². The van der Waals surface area contributed by atoms with Crippen molar-refractivity contribution in [1.29, 1.82) is 0 Å². The molecule has 0 fully saturated rings. The van der Waals surface area contributed by atoms with Crippen LogP contribution in [-0.4, -0.2) is 22.8 Å². The Kier molecular flexibility index (Phi) is 2.44. The van der Waals surface area contributed by atoms with E-state index in [1.165, 1.54) is 4.68 Å². The quantitative estimate of drug-likeness (QED) is 0.564. The number of rotatable bonds is 2. The number of methoxy groups -OCH3 is 1. The largest absolute Gasteiger partial charge is 0.497 e. The van der Waals surface area contributed by atoms with Gasteiger partial charge in [0.05, 0.1) is 24.1 Å². The zero-order chi connectivity index (χ0) is 14.4. The molecular formula is C17H12N2O2. The van der Waals surface area contributed by atoms with Gasteiger partial charge in [-0.1, -0.05) is 18.2 Å². The fourth-order valence-electron chi connectivity index (χ4n) is 2.64. The minimum Gasteiger partial charge on any atom is -0.497 e. The Bertz CT molecular complexity index is 847. The van der Waals surface area contributed by atoms with Crippen molar-refractivity contribution in [3.8, 4) is 28.3 Å². The summed E-state index contributed by atoms with van der Waals surface area (Å²) in [5, 5.41) is 4.44. The number of nitrogens with zero attached hydrogens (tertiary/aromatic N) is 2. The van der Waals surface area contributed by atoms with Crippen LogP contribution in [0.15, 0.2) is 54.6 Å². The number of carbonyl (C=O) groups is 1. The van der Waals surface area contributed by atoms with E-state index >= 15 is 0 Å². The third-order valence-electron chi connectivity index (χ3n) is 3.72. The van der Waals surface area contributed by atoms with Crippen LogP contribution in [-0.2, 0) is 0 Å². The van der Waals surface area contributed by atoms with Crippen molar-refractivity contribution in [1.82, 2.24) is 9.78 Å². The van der Waals surface area contributed by atoms with E-state index < -0.39 is 0 Å². The van der Waals surface area contributed by atoms with Crippen molar-refractivity contribution in [3.63, 3.8) is 0 Å². The molecule has 0 aliphatic carbocycles. The van der Waals surface area contributed by atoms with Gasteiger partial charge in [-0.3, -0.25) is 4.79 Å². The molecule has 4 rings (SSSR count). The Hall–Kier alpha value is -2.88. The van der Waals surface area contributed by atoms with E-state index in [1.54, 1.807) is 7.11 Å². The van der Waals surface area contributed by atoms with Crippen LogP contribution in [0.3, 0.4) is 0 Å². The van der Waals surface area contributed by atoms with Crippen LogP contribution in [0.2, 0.25) is 0 Å². The number of carbonyl (C=O) groups excluding carboxylic acids is 1. The van der Waals surface area contributed by atoms with Crippen LogP contribution in [0.5, 0.6) is 5.75 Å². The lowest BCUT2D eigenvalue weighted by Gasteiger charge is -2.01. The van der Waals surface area contributed by atoms with Crippen LogP contribution < -0.4 is 4.74 Å². The first-order valence-corrected chi connectivity index (χ1v) is 6.66. The molecule has 0 radical (unpaired) electrons. The van der Waals surface area contributed by atoms with Gasteiger partial charge in [-0.15, -0.1) is 0 Å². The van der Waals surface area contributed by atoms with E-state index in [9.17, 15) is 4.79 Å². The first kappa shape index (κ1) is 11.9. The summed E-state index contributed by atoms with van der Waals surface area (Å²) in [4.78, 5) is 12.3. The molecule has 1 aliphatic rings. The number of hydrogen-bond donors (Lipinski definition) is 0. The summed E-state index contributed by atoms with van der Waals surface area (Å²) in [6.07, 6.45) is 0. The summed E-state index contributed by atoms with van der Waals surface area (Å²) in [6, 6.07) is 17.2. The molecule has 0 saturated heterocycles. The van der Waals surface area contributed by atoms with Gasteiger partial charge in [-0.05, 0) is 36.4 Å². The zero-order valence-electron chi connectivity index (χ0n) is 11.4. The van der Waals surface area contributed by atoms with E-state index in [2.05, 4.69) is 5.10 Å². The molecule has 102 valence electrons. The standard InChI is InChI=1S/C17H12N2O2/c1-21-12-8-6-11(7-9-12)15-10-16-13-4-2-3-5-14(13)17(20)19(16)18-15/h2-10H,1H3. The maximum Gasteiger partial charge on any atom is 0.279 e. The first-order valence-electron chi connectivity index (χ1n) is 6.66. The summed E-state index contributed by atoms with van der Waals surface area (Å²) in [7, 11) is 1.63. The molecule has 0 atom stereocenters. The van der Waals surface area contributed by atoms with Gasteiger partial charge in [0.2, 0.25) is 0 Å². The molecule has 21 heavy (non-hydrogen) atoms. The van der Waals surface area contributed by atoms with E-state index in [0.29, 0.717) is 5.56 Å². The highest BCUT2D eigenvalue weighted by Crippen LogP contribution is 2.34. The summed E-state index contributed by atoms with van der Waals surface area (Å²) in [5.41, 5.74) is 4.25. The fraction of sp³-hybridized carbons (Fsp3) is 0.0588. The highest BCUT2D eigenvalue weighted by atomic mass is 16.5. The highest BCUT2D eigenvalue weighted by Gasteiger charge is 2.28. The third kappa shape index (κ3) is 1.69. The second kappa shape index (κ2) is 4.31. The van der Waals surface area contributed by atoms with Crippen LogP contribution in [0.1, 0.15) is 10.4 Å². The van der Waals surface area contributed by atoms with Crippen LogP contribution in [0.4, 0.5) is 0 Å². The van der Waals surface area contributed by atoms with Crippen molar-refractivity contribution < 1.29 is 9.53 Å². The fourth-order valence-corrected chi connectivity index (χ4v) is 2.64. The summed E-state index contributed by atoms with van der Waals surface area (Å²) in [5.74, 6) is 0.729. The van der Waals surface area contributed by atoms with Gasteiger partial charge in [0, 0.05) is 11.1 Å². The lowest BCUT2D eigenvalue weighted by molar-refractivity contribution is 0.0955. The highest BCUT2D eigenvalue weighted by molar-refractivity contribution is 6.08. The number of fused-ring (bicyclic) bond motifs is 3. The Balaban J connectivity index is 1.82.